The Labute approximate surface area is 89.9 Å². The van der Waals surface area contributed by atoms with Crippen LogP contribution in [-0.2, 0) is 0 Å². The first kappa shape index (κ1) is 9.91. The van der Waals surface area contributed by atoms with Gasteiger partial charge in [-0.15, -0.1) is 11.8 Å². The number of benzene rings is 1. The van der Waals surface area contributed by atoms with Gasteiger partial charge in [-0.3, -0.25) is 0 Å². The van der Waals surface area contributed by atoms with Gasteiger partial charge in [-0.25, -0.2) is 0 Å². The Kier molecular flexibility index (Phi) is 2.73. The number of thioether (sulfide) groups is 1. The molecule has 0 saturated carbocycles. The molecular weight excluding hydrogens is 192 g/mol. The highest BCUT2D eigenvalue weighted by Gasteiger charge is 2.39. The van der Waals surface area contributed by atoms with Gasteiger partial charge >= 0.3 is 0 Å². The number of ether oxygens (including phenoxy) is 1. The molecule has 76 valence electrons. The van der Waals surface area contributed by atoms with Gasteiger partial charge in [0.1, 0.15) is 12.4 Å². The minimum Gasteiger partial charge on any atom is -0.492 e. The van der Waals surface area contributed by atoms with Crippen LogP contribution in [0.5, 0.6) is 5.75 Å². The van der Waals surface area contributed by atoms with Gasteiger partial charge in [-0.05, 0) is 25.5 Å². The molecule has 0 aliphatic carbocycles. The van der Waals surface area contributed by atoms with E-state index in [-0.39, 0.29) is 0 Å². The summed E-state index contributed by atoms with van der Waals surface area (Å²) in [6.45, 7) is 5.38. The van der Waals surface area contributed by atoms with E-state index in [9.17, 15) is 0 Å². The van der Waals surface area contributed by atoms with Crippen molar-refractivity contribution >= 4 is 11.8 Å². The summed E-state index contributed by atoms with van der Waals surface area (Å²) in [5, 5.41) is 0.805. The van der Waals surface area contributed by atoms with Gasteiger partial charge in [0.05, 0.1) is 0 Å². The maximum Gasteiger partial charge on any atom is 0.119 e. The summed E-state index contributed by atoms with van der Waals surface area (Å²) in [5.74, 6) is 0.980. The van der Waals surface area contributed by atoms with E-state index in [1.807, 2.05) is 42.1 Å². The summed E-state index contributed by atoms with van der Waals surface area (Å²) in [6.07, 6.45) is 1.27. The Morgan fingerprint density at radius 3 is 2.64 bits per heavy atom. The van der Waals surface area contributed by atoms with E-state index >= 15 is 0 Å². The number of hydrogen-bond donors (Lipinski definition) is 0. The van der Waals surface area contributed by atoms with E-state index in [2.05, 4.69) is 13.8 Å². The zero-order valence-corrected chi connectivity index (χ0v) is 9.51. The SMILES string of the molecule is CC1CC(C)(COc2ccccc2)S1. The Hall–Kier alpha value is -0.630. The summed E-state index contributed by atoms with van der Waals surface area (Å²) in [7, 11) is 0. The molecule has 1 aromatic rings. The monoisotopic (exact) mass is 208 g/mol. The predicted molar refractivity (Wildman–Crippen MR) is 62.0 cm³/mol. The van der Waals surface area contributed by atoms with Gasteiger partial charge in [0.2, 0.25) is 0 Å². The number of para-hydroxylation sites is 1. The molecule has 0 aromatic heterocycles. The van der Waals surface area contributed by atoms with E-state index in [0.29, 0.717) is 4.75 Å². The molecule has 1 nitrogen and oxygen atoms in total. The third-order valence-corrected chi connectivity index (χ3v) is 3.91. The number of rotatable bonds is 3. The van der Waals surface area contributed by atoms with Crippen LogP contribution in [0.1, 0.15) is 20.3 Å². The maximum absolute atomic E-state index is 5.74. The first-order valence-corrected chi connectivity index (χ1v) is 5.92. The van der Waals surface area contributed by atoms with Gasteiger partial charge < -0.3 is 4.74 Å². The molecule has 0 radical (unpaired) electrons. The highest BCUT2D eigenvalue weighted by Crippen LogP contribution is 2.46. The second-order valence-corrected chi connectivity index (χ2v) is 6.21. The van der Waals surface area contributed by atoms with Crippen molar-refractivity contribution in [1.82, 2.24) is 0 Å². The zero-order chi connectivity index (χ0) is 10.0. The lowest BCUT2D eigenvalue weighted by Gasteiger charge is -2.42. The number of hydrogen-bond acceptors (Lipinski definition) is 2. The van der Waals surface area contributed by atoms with E-state index in [1.165, 1.54) is 6.42 Å². The third-order valence-electron chi connectivity index (χ3n) is 2.49. The molecule has 1 saturated heterocycles. The molecule has 0 N–H and O–H groups in total. The summed E-state index contributed by atoms with van der Waals surface area (Å²) in [6, 6.07) is 10.0. The average molecular weight is 208 g/mol. The quantitative estimate of drug-likeness (QED) is 0.753. The Morgan fingerprint density at radius 2 is 2.07 bits per heavy atom. The lowest BCUT2D eigenvalue weighted by molar-refractivity contribution is 0.261. The zero-order valence-electron chi connectivity index (χ0n) is 8.69. The molecule has 2 rings (SSSR count). The maximum atomic E-state index is 5.74. The molecule has 1 aliphatic rings. The molecule has 1 aromatic carbocycles. The Bertz CT molecular complexity index is 290. The van der Waals surface area contributed by atoms with Crippen LogP contribution in [0.15, 0.2) is 30.3 Å². The van der Waals surface area contributed by atoms with Crippen molar-refractivity contribution in [3.63, 3.8) is 0 Å². The molecule has 1 heterocycles. The molecule has 2 atom stereocenters. The molecular formula is C12H16OS. The Balaban J connectivity index is 1.83. The van der Waals surface area contributed by atoms with Crippen LogP contribution in [0.3, 0.4) is 0 Å². The van der Waals surface area contributed by atoms with E-state index in [4.69, 9.17) is 4.74 Å². The third kappa shape index (κ3) is 2.24. The predicted octanol–water partition coefficient (Wildman–Crippen LogP) is 3.35. The standard InChI is InChI=1S/C12H16OS/c1-10-8-12(2,14-10)9-13-11-6-4-3-5-7-11/h3-7,10H,8-9H2,1-2H3. The fourth-order valence-electron chi connectivity index (χ4n) is 1.93. The highest BCUT2D eigenvalue weighted by molar-refractivity contribution is 8.02. The van der Waals surface area contributed by atoms with Crippen molar-refractivity contribution in [1.29, 1.82) is 0 Å². The van der Waals surface area contributed by atoms with Gasteiger partial charge in [-0.2, -0.15) is 0 Å². The first-order valence-electron chi connectivity index (χ1n) is 5.04. The van der Waals surface area contributed by atoms with Gasteiger partial charge in [-0.1, -0.05) is 25.1 Å². The largest absolute Gasteiger partial charge is 0.492 e. The van der Waals surface area contributed by atoms with Crippen molar-refractivity contribution in [3.8, 4) is 5.75 Å². The lowest BCUT2D eigenvalue weighted by atomic mass is 10.0. The summed E-state index contributed by atoms with van der Waals surface area (Å²) < 4.78 is 6.08. The van der Waals surface area contributed by atoms with Crippen LogP contribution in [0.2, 0.25) is 0 Å². The lowest BCUT2D eigenvalue weighted by Crippen LogP contribution is -2.41. The van der Waals surface area contributed by atoms with Gasteiger partial charge in [0.15, 0.2) is 0 Å². The first-order chi connectivity index (χ1) is 6.68. The molecule has 2 unspecified atom stereocenters. The molecule has 14 heavy (non-hydrogen) atoms. The topological polar surface area (TPSA) is 9.23 Å². The van der Waals surface area contributed by atoms with E-state index in [1.54, 1.807) is 0 Å². The van der Waals surface area contributed by atoms with Gasteiger partial charge in [0.25, 0.3) is 0 Å². The molecule has 0 spiro atoms. The summed E-state index contributed by atoms with van der Waals surface area (Å²) >= 11 is 2.03. The Morgan fingerprint density at radius 1 is 1.43 bits per heavy atom. The molecule has 1 fully saturated rings. The van der Waals surface area contributed by atoms with Crippen molar-refractivity contribution in [2.24, 2.45) is 0 Å². The highest BCUT2D eigenvalue weighted by atomic mass is 32.2. The molecule has 2 heteroatoms. The fourth-order valence-corrected chi connectivity index (χ4v) is 3.53. The minimum absolute atomic E-state index is 0.343. The normalized spacial score (nSPS) is 30.9. The van der Waals surface area contributed by atoms with Crippen LogP contribution >= 0.6 is 11.8 Å². The van der Waals surface area contributed by atoms with Crippen molar-refractivity contribution in [2.75, 3.05) is 6.61 Å². The summed E-state index contributed by atoms with van der Waals surface area (Å²) in [4.78, 5) is 0. The van der Waals surface area contributed by atoms with Crippen LogP contribution < -0.4 is 4.74 Å². The van der Waals surface area contributed by atoms with Crippen molar-refractivity contribution in [2.45, 2.75) is 30.3 Å². The molecule has 0 bridgehead atoms. The van der Waals surface area contributed by atoms with Crippen LogP contribution in [0.25, 0.3) is 0 Å². The summed E-state index contributed by atoms with van der Waals surface area (Å²) in [5.41, 5.74) is 0. The van der Waals surface area contributed by atoms with E-state index in [0.717, 1.165) is 17.6 Å². The second-order valence-electron chi connectivity index (χ2n) is 4.18. The van der Waals surface area contributed by atoms with Crippen LogP contribution in [-0.4, -0.2) is 16.6 Å². The smallest absolute Gasteiger partial charge is 0.119 e. The van der Waals surface area contributed by atoms with E-state index < -0.39 is 0 Å². The average Bonchev–Trinajstić information content (AvgIpc) is 2.15. The van der Waals surface area contributed by atoms with Crippen molar-refractivity contribution in [3.05, 3.63) is 30.3 Å². The molecule has 1 aliphatic heterocycles. The molecule has 0 amide bonds. The minimum atomic E-state index is 0.343. The van der Waals surface area contributed by atoms with Gasteiger partial charge in [0, 0.05) is 10.00 Å². The van der Waals surface area contributed by atoms with Crippen molar-refractivity contribution < 1.29 is 4.74 Å². The fraction of sp³-hybridized carbons (Fsp3) is 0.500. The van der Waals surface area contributed by atoms with Crippen LogP contribution in [0.4, 0.5) is 0 Å². The second kappa shape index (κ2) is 3.85. The van der Waals surface area contributed by atoms with Crippen LogP contribution in [0, 0.1) is 0 Å².